The topological polar surface area (TPSA) is 58.6 Å². The Kier molecular flexibility index (Phi) is 3.95. The van der Waals surface area contributed by atoms with Crippen molar-refractivity contribution in [3.63, 3.8) is 0 Å². The standard InChI is InChI=1S/C16H26N2O3/c1-3-16(2)15(20)17-13(12-4-5-12)14(19)18(16)10-11-6-8-21-9-7-11/h11-13H,3-10H2,1-2H3,(H,17,20). The number of piperazine rings is 1. The highest BCUT2D eigenvalue weighted by atomic mass is 16.5. The Bertz CT molecular complexity index is 429. The fraction of sp³-hybridized carbons (Fsp3) is 0.875. The molecule has 2 saturated heterocycles. The van der Waals surface area contributed by atoms with Crippen molar-refractivity contribution in [2.45, 2.75) is 57.5 Å². The van der Waals surface area contributed by atoms with Gasteiger partial charge in [-0.2, -0.15) is 0 Å². The summed E-state index contributed by atoms with van der Waals surface area (Å²) in [5.41, 5.74) is -0.694. The normalized spacial score (nSPS) is 35.0. The van der Waals surface area contributed by atoms with E-state index in [1.165, 1.54) is 0 Å². The van der Waals surface area contributed by atoms with Gasteiger partial charge in [0.15, 0.2) is 0 Å². The maximum atomic E-state index is 12.9. The van der Waals surface area contributed by atoms with Crippen molar-refractivity contribution in [2.75, 3.05) is 19.8 Å². The van der Waals surface area contributed by atoms with E-state index in [1.54, 1.807) is 0 Å². The Morgan fingerprint density at radius 1 is 1.24 bits per heavy atom. The molecule has 2 unspecified atom stereocenters. The van der Waals surface area contributed by atoms with Crippen LogP contribution in [0.15, 0.2) is 0 Å². The van der Waals surface area contributed by atoms with Crippen molar-refractivity contribution in [1.29, 1.82) is 0 Å². The maximum absolute atomic E-state index is 12.9. The van der Waals surface area contributed by atoms with Gasteiger partial charge in [-0.3, -0.25) is 9.59 Å². The number of rotatable bonds is 4. The van der Waals surface area contributed by atoms with Crippen LogP contribution in [0, 0.1) is 11.8 Å². The van der Waals surface area contributed by atoms with Gasteiger partial charge in [-0.15, -0.1) is 0 Å². The molecule has 2 heterocycles. The molecule has 0 bridgehead atoms. The molecule has 5 heteroatoms. The molecule has 3 rings (SSSR count). The van der Waals surface area contributed by atoms with Gasteiger partial charge in [0, 0.05) is 19.8 Å². The van der Waals surface area contributed by atoms with Gasteiger partial charge in [-0.25, -0.2) is 0 Å². The van der Waals surface area contributed by atoms with Crippen LogP contribution in [0.25, 0.3) is 0 Å². The zero-order chi connectivity index (χ0) is 15.0. The maximum Gasteiger partial charge on any atom is 0.246 e. The first-order chi connectivity index (χ1) is 10.1. The van der Waals surface area contributed by atoms with Crippen LogP contribution in [0.2, 0.25) is 0 Å². The summed E-state index contributed by atoms with van der Waals surface area (Å²) in [6.07, 6.45) is 4.75. The van der Waals surface area contributed by atoms with E-state index in [0.29, 0.717) is 24.8 Å². The third kappa shape index (κ3) is 2.68. The summed E-state index contributed by atoms with van der Waals surface area (Å²) in [7, 11) is 0. The van der Waals surface area contributed by atoms with E-state index in [2.05, 4.69) is 5.32 Å². The third-order valence-corrected chi connectivity index (χ3v) is 5.47. The van der Waals surface area contributed by atoms with Crippen molar-refractivity contribution in [2.24, 2.45) is 11.8 Å². The molecule has 0 radical (unpaired) electrons. The molecular weight excluding hydrogens is 268 g/mol. The predicted molar refractivity (Wildman–Crippen MR) is 78.6 cm³/mol. The molecule has 0 spiro atoms. The number of hydrogen-bond acceptors (Lipinski definition) is 3. The third-order valence-electron chi connectivity index (χ3n) is 5.47. The van der Waals surface area contributed by atoms with Crippen LogP contribution >= 0.6 is 0 Å². The van der Waals surface area contributed by atoms with Crippen molar-refractivity contribution in [3.05, 3.63) is 0 Å². The molecule has 0 aromatic carbocycles. The average molecular weight is 294 g/mol. The van der Waals surface area contributed by atoms with E-state index < -0.39 is 5.54 Å². The van der Waals surface area contributed by atoms with E-state index >= 15 is 0 Å². The van der Waals surface area contributed by atoms with Crippen LogP contribution in [-0.2, 0) is 14.3 Å². The molecule has 0 aromatic heterocycles. The van der Waals surface area contributed by atoms with E-state index in [1.807, 2.05) is 18.7 Å². The molecular formula is C16H26N2O3. The van der Waals surface area contributed by atoms with Gasteiger partial charge in [-0.1, -0.05) is 6.92 Å². The van der Waals surface area contributed by atoms with Crippen molar-refractivity contribution in [3.8, 4) is 0 Å². The fourth-order valence-corrected chi connectivity index (χ4v) is 3.47. The van der Waals surface area contributed by atoms with Gasteiger partial charge in [0.1, 0.15) is 11.6 Å². The van der Waals surface area contributed by atoms with Crippen LogP contribution in [0.1, 0.15) is 46.0 Å². The first kappa shape index (κ1) is 14.8. The minimum Gasteiger partial charge on any atom is -0.381 e. The highest BCUT2D eigenvalue weighted by Gasteiger charge is 2.52. The second-order valence-electron chi connectivity index (χ2n) is 6.92. The van der Waals surface area contributed by atoms with Gasteiger partial charge in [-0.05, 0) is 50.9 Å². The Labute approximate surface area is 126 Å². The van der Waals surface area contributed by atoms with Crippen LogP contribution in [0.4, 0.5) is 0 Å². The minimum absolute atomic E-state index is 0.0218. The number of carbonyl (C=O) groups excluding carboxylic acids is 2. The van der Waals surface area contributed by atoms with Crippen LogP contribution < -0.4 is 5.32 Å². The number of ether oxygens (including phenoxy) is 1. The zero-order valence-corrected chi connectivity index (χ0v) is 13.1. The Balaban J connectivity index is 1.79. The second-order valence-corrected chi connectivity index (χ2v) is 6.92. The molecule has 2 atom stereocenters. The average Bonchev–Trinajstić information content (AvgIpc) is 3.33. The number of amides is 2. The lowest BCUT2D eigenvalue weighted by Gasteiger charge is -2.47. The Hall–Kier alpha value is -1.10. The molecule has 5 nitrogen and oxygen atoms in total. The summed E-state index contributed by atoms with van der Waals surface area (Å²) in [6.45, 7) is 6.13. The van der Waals surface area contributed by atoms with E-state index in [4.69, 9.17) is 4.74 Å². The molecule has 21 heavy (non-hydrogen) atoms. The molecule has 3 fully saturated rings. The van der Waals surface area contributed by atoms with Gasteiger partial charge < -0.3 is 15.0 Å². The number of nitrogens with one attached hydrogen (secondary N) is 1. The molecule has 2 amide bonds. The minimum atomic E-state index is -0.694. The van der Waals surface area contributed by atoms with E-state index in [0.717, 1.165) is 38.9 Å². The first-order valence-electron chi connectivity index (χ1n) is 8.26. The molecule has 2 aliphatic heterocycles. The van der Waals surface area contributed by atoms with Crippen LogP contribution in [-0.4, -0.2) is 48.1 Å². The van der Waals surface area contributed by atoms with Gasteiger partial charge >= 0.3 is 0 Å². The Morgan fingerprint density at radius 2 is 1.90 bits per heavy atom. The summed E-state index contributed by atoms with van der Waals surface area (Å²) in [6, 6.07) is -0.281. The molecule has 118 valence electrons. The lowest BCUT2D eigenvalue weighted by Crippen LogP contribution is -2.70. The molecule has 0 aromatic rings. The van der Waals surface area contributed by atoms with Crippen molar-refractivity contribution < 1.29 is 14.3 Å². The lowest BCUT2D eigenvalue weighted by atomic mass is 9.87. The fourth-order valence-electron chi connectivity index (χ4n) is 3.47. The summed E-state index contributed by atoms with van der Waals surface area (Å²) < 4.78 is 5.40. The molecule has 1 saturated carbocycles. The van der Waals surface area contributed by atoms with Gasteiger partial charge in [0.25, 0.3) is 0 Å². The van der Waals surface area contributed by atoms with Gasteiger partial charge in [0.05, 0.1) is 0 Å². The van der Waals surface area contributed by atoms with Crippen LogP contribution in [0.5, 0.6) is 0 Å². The van der Waals surface area contributed by atoms with E-state index in [-0.39, 0.29) is 17.9 Å². The lowest BCUT2D eigenvalue weighted by molar-refractivity contribution is -0.158. The van der Waals surface area contributed by atoms with E-state index in [9.17, 15) is 9.59 Å². The summed E-state index contributed by atoms with van der Waals surface area (Å²) in [5, 5.41) is 2.98. The number of nitrogens with zero attached hydrogens (tertiary/aromatic N) is 1. The summed E-state index contributed by atoms with van der Waals surface area (Å²) >= 11 is 0. The summed E-state index contributed by atoms with van der Waals surface area (Å²) in [4.78, 5) is 27.3. The Morgan fingerprint density at radius 3 is 2.48 bits per heavy atom. The predicted octanol–water partition coefficient (Wildman–Crippen LogP) is 1.32. The first-order valence-corrected chi connectivity index (χ1v) is 8.26. The quantitative estimate of drug-likeness (QED) is 0.850. The monoisotopic (exact) mass is 294 g/mol. The molecule has 1 N–H and O–H groups in total. The van der Waals surface area contributed by atoms with Crippen molar-refractivity contribution in [1.82, 2.24) is 10.2 Å². The SMILES string of the molecule is CCC1(C)C(=O)NC(C2CC2)C(=O)N1CC1CCOCC1. The summed E-state index contributed by atoms with van der Waals surface area (Å²) in [5.74, 6) is 0.973. The van der Waals surface area contributed by atoms with Crippen LogP contribution in [0.3, 0.4) is 0 Å². The van der Waals surface area contributed by atoms with Gasteiger partial charge in [0.2, 0.25) is 11.8 Å². The largest absolute Gasteiger partial charge is 0.381 e. The molecule has 3 aliphatic rings. The van der Waals surface area contributed by atoms with Crippen molar-refractivity contribution >= 4 is 11.8 Å². The second kappa shape index (κ2) is 5.59. The highest BCUT2D eigenvalue weighted by Crippen LogP contribution is 2.38. The number of carbonyl (C=O) groups is 2. The highest BCUT2D eigenvalue weighted by molar-refractivity contribution is 5.99. The zero-order valence-electron chi connectivity index (χ0n) is 13.1. The molecule has 1 aliphatic carbocycles. The smallest absolute Gasteiger partial charge is 0.246 e. The number of hydrogen-bond donors (Lipinski definition) is 1.